The number of aromatic nitrogens is 1. The van der Waals surface area contributed by atoms with E-state index >= 15 is 0 Å². The van der Waals surface area contributed by atoms with Gasteiger partial charge in [0.2, 0.25) is 16.7 Å². The fraction of sp³-hybridized carbons (Fsp3) is 0.591. The van der Waals surface area contributed by atoms with Gasteiger partial charge >= 0.3 is 6.16 Å². The van der Waals surface area contributed by atoms with Crippen molar-refractivity contribution >= 4 is 11.3 Å². The molecule has 2 aromatic rings. The van der Waals surface area contributed by atoms with Crippen LogP contribution in [0.1, 0.15) is 49.1 Å². The van der Waals surface area contributed by atoms with E-state index in [-0.39, 0.29) is 50.0 Å². The lowest BCUT2D eigenvalue weighted by molar-refractivity contribution is -0.420. The number of nitrogens with zero attached hydrogens (tertiary/aromatic N) is 1. The number of hydrogen-bond acceptors (Lipinski definition) is 16. The van der Waals surface area contributed by atoms with Gasteiger partial charge in [0.15, 0.2) is 11.5 Å². The molecule has 15 nitrogen and oxygen atoms in total. The summed E-state index contributed by atoms with van der Waals surface area (Å²) in [4.78, 5) is 3.38. The predicted octanol–water partition coefficient (Wildman–Crippen LogP) is -2.41. The zero-order chi connectivity index (χ0) is 28.2. The molecule has 1 saturated carbocycles. The molecular weight excluding hydrogens is 532 g/mol. The van der Waals surface area contributed by atoms with Crippen LogP contribution in [0.4, 0.5) is 0 Å². The van der Waals surface area contributed by atoms with Crippen molar-refractivity contribution < 1.29 is 65.6 Å². The molecule has 0 amide bonds. The number of thiophene rings is 1. The zero-order valence-corrected chi connectivity index (χ0v) is 20.7. The van der Waals surface area contributed by atoms with Gasteiger partial charge in [-0.25, -0.2) is 5.32 Å². The summed E-state index contributed by atoms with van der Waals surface area (Å²) in [6, 6.07) is 4.94. The van der Waals surface area contributed by atoms with Crippen molar-refractivity contribution in [3.05, 3.63) is 35.0 Å². The Kier molecular flexibility index (Phi) is 7.18. The molecule has 38 heavy (non-hydrogen) atoms. The SMILES string of the molecule is Oc1sc(C(O)(O)NC(O)(O)C[C@@]2(c3ccccn3)CCOC3(CCC(O)(O)C3)C2)c(OC(O)(O)O)c1O. The van der Waals surface area contributed by atoms with E-state index in [0.717, 1.165) is 0 Å². The molecule has 12 N–H and O–H groups in total. The Morgan fingerprint density at radius 3 is 2.29 bits per heavy atom. The summed E-state index contributed by atoms with van der Waals surface area (Å²) < 4.78 is 10.2. The molecule has 1 aliphatic heterocycles. The Hall–Kier alpha value is -2.19. The normalized spacial score (nSPS) is 26.1. The molecule has 0 radical (unpaired) electrons. The molecule has 2 aromatic heterocycles. The van der Waals surface area contributed by atoms with Crippen LogP contribution in [0.3, 0.4) is 0 Å². The quantitative estimate of drug-likeness (QED) is 0.149. The fourth-order valence-corrected chi connectivity index (χ4v) is 6.27. The van der Waals surface area contributed by atoms with Crippen LogP contribution in [0.5, 0.6) is 16.6 Å². The number of hydrogen-bond donors (Lipinski definition) is 12. The monoisotopic (exact) mass is 562 g/mol. The van der Waals surface area contributed by atoms with E-state index in [1.807, 2.05) is 0 Å². The highest BCUT2D eigenvalue weighted by Crippen LogP contribution is 2.54. The standard InChI is InChI=1S/C22H30N2O13S/c25-13-14(37-22(33,34)35)15(38-16(13)26)21(31,32)24-20(29,30)10-17(12-3-1-2-7-23-12)6-8-36-18(9-17)4-5-19(27,28)11-18/h1-3,7,24-35H,4-6,8-11H2/t17-,18?/m1/s1. The Bertz CT molecular complexity index is 1150. The first-order chi connectivity index (χ1) is 17.4. The van der Waals surface area contributed by atoms with E-state index in [9.17, 15) is 40.9 Å². The van der Waals surface area contributed by atoms with E-state index in [1.54, 1.807) is 23.5 Å². The lowest BCUT2D eigenvalue weighted by atomic mass is 9.67. The lowest BCUT2D eigenvalue weighted by Gasteiger charge is -2.48. The van der Waals surface area contributed by atoms with Gasteiger partial charge < -0.3 is 65.6 Å². The molecule has 0 aromatic carbocycles. The molecule has 1 unspecified atom stereocenters. The predicted molar refractivity (Wildman–Crippen MR) is 124 cm³/mol. The number of aromatic hydroxyl groups is 2. The second kappa shape index (κ2) is 9.47. The van der Waals surface area contributed by atoms with E-state index < -0.39 is 62.6 Å². The summed E-state index contributed by atoms with van der Waals surface area (Å²) in [6.45, 7) is 0.0857. The maximum absolute atomic E-state index is 11.0. The van der Waals surface area contributed by atoms with Gasteiger partial charge in [0, 0.05) is 43.2 Å². The molecule has 16 heteroatoms. The van der Waals surface area contributed by atoms with Crippen LogP contribution in [0, 0.1) is 0 Å². The van der Waals surface area contributed by atoms with E-state index in [1.165, 1.54) is 6.20 Å². The largest absolute Gasteiger partial charge is 0.501 e. The van der Waals surface area contributed by atoms with Crippen molar-refractivity contribution in [2.45, 2.75) is 73.3 Å². The van der Waals surface area contributed by atoms with Crippen LogP contribution >= 0.6 is 11.3 Å². The molecule has 1 aliphatic carbocycles. The topological polar surface area (TPSA) is 266 Å². The number of nitrogens with one attached hydrogen (secondary N) is 1. The molecular formula is C22H30N2O13S. The van der Waals surface area contributed by atoms with Gasteiger partial charge in [-0.2, -0.15) is 0 Å². The van der Waals surface area contributed by atoms with Crippen LogP contribution < -0.4 is 10.1 Å². The third-order valence-electron chi connectivity index (χ3n) is 6.78. The average Bonchev–Trinajstić information content (AvgIpc) is 3.22. The molecule has 212 valence electrons. The second-order valence-electron chi connectivity index (χ2n) is 9.99. The molecule has 1 spiro atoms. The summed E-state index contributed by atoms with van der Waals surface area (Å²) in [5.41, 5.74) is -1.83. The summed E-state index contributed by atoms with van der Waals surface area (Å²) in [5.74, 6) is -11.0. The zero-order valence-electron chi connectivity index (χ0n) is 19.9. The molecule has 1 saturated heterocycles. The third-order valence-corrected chi connectivity index (χ3v) is 7.84. The lowest BCUT2D eigenvalue weighted by Crippen LogP contribution is -2.60. The van der Waals surface area contributed by atoms with Crippen LogP contribution in [0.25, 0.3) is 0 Å². The highest BCUT2D eigenvalue weighted by Gasteiger charge is 2.57. The van der Waals surface area contributed by atoms with Crippen molar-refractivity contribution in [3.63, 3.8) is 0 Å². The number of rotatable bonds is 8. The van der Waals surface area contributed by atoms with Gasteiger partial charge in [0.05, 0.1) is 5.60 Å². The third kappa shape index (κ3) is 6.01. The summed E-state index contributed by atoms with van der Waals surface area (Å²) in [6.07, 6.45) is -2.68. The van der Waals surface area contributed by atoms with Gasteiger partial charge in [-0.1, -0.05) is 17.4 Å². The molecule has 0 bridgehead atoms. The Labute approximate surface area is 219 Å². The summed E-state index contributed by atoms with van der Waals surface area (Å²) in [5, 5.41) is 111. The van der Waals surface area contributed by atoms with Crippen LogP contribution in [-0.2, 0) is 16.1 Å². The molecule has 2 atom stereocenters. The van der Waals surface area contributed by atoms with Crippen molar-refractivity contribution in [1.29, 1.82) is 0 Å². The fourth-order valence-electron chi connectivity index (χ4n) is 5.46. The van der Waals surface area contributed by atoms with E-state index in [2.05, 4.69) is 9.72 Å². The minimum absolute atomic E-state index is 0.0273. The number of ether oxygens (including phenoxy) is 2. The maximum atomic E-state index is 11.0. The number of pyridine rings is 1. The van der Waals surface area contributed by atoms with Gasteiger partial charge in [-0.15, -0.1) is 0 Å². The van der Waals surface area contributed by atoms with Crippen molar-refractivity contribution in [1.82, 2.24) is 10.3 Å². The number of aliphatic hydroxyl groups is 9. The smallest absolute Gasteiger partial charge is 0.453 e. The van der Waals surface area contributed by atoms with E-state index in [0.29, 0.717) is 5.69 Å². The molecule has 3 heterocycles. The maximum Gasteiger partial charge on any atom is 0.453 e. The first-order valence-electron chi connectivity index (χ1n) is 11.5. The Morgan fingerprint density at radius 1 is 1.00 bits per heavy atom. The second-order valence-corrected chi connectivity index (χ2v) is 11.0. The van der Waals surface area contributed by atoms with Crippen LogP contribution in [0.2, 0.25) is 0 Å². The van der Waals surface area contributed by atoms with Crippen molar-refractivity contribution in [2.24, 2.45) is 0 Å². The van der Waals surface area contributed by atoms with Gasteiger partial charge in [0.1, 0.15) is 4.88 Å². The van der Waals surface area contributed by atoms with Gasteiger partial charge in [-0.3, -0.25) is 4.98 Å². The van der Waals surface area contributed by atoms with Crippen LogP contribution in [-0.4, -0.2) is 91.2 Å². The Morgan fingerprint density at radius 2 is 1.71 bits per heavy atom. The van der Waals surface area contributed by atoms with Crippen LogP contribution in [0.15, 0.2) is 24.4 Å². The highest BCUT2D eigenvalue weighted by atomic mass is 32.1. The van der Waals surface area contributed by atoms with Crippen molar-refractivity contribution in [3.8, 4) is 16.6 Å². The first kappa shape index (κ1) is 28.8. The summed E-state index contributed by atoms with van der Waals surface area (Å²) >= 11 is 0.0605. The van der Waals surface area contributed by atoms with E-state index in [4.69, 9.17) is 20.1 Å². The van der Waals surface area contributed by atoms with Gasteiger partial charge in [0.25, 0.3) is 5.91 Å². The van der Waals surface area contributed by atoms with Crippen molar-refractivity contribution in [2.75, 3.05) is 6.61 Å². The highest BCUT2D eigenvalue weighted by molar-refractivity contribution is 7.14. The average molecular weight is 563 g/mol. The molecule has 2 fully saturated rings. The molecule has 4 rings (SSSR count). The van der Waals surface area contributed by atoms with Gasteiger partial charge in [-0.05, 0) is 31.4 Å². The Balaban J connectivity index is 1.66. The minimum atomic E-state index is -3.90. The molecule has 2 aliphatic rings. The summed E-state index contributed by atoms with van der Waals surface area (Å²) in [7, 11) is 0. The first-order valence-corrected chi connectivity index (χ1v) is 12.3. The minimum Gasteiger partial charge on any atom is -0.501 e.